The van der Waals surface area contributed by atoms with Crippen molar-refractivity contribution in [3.05, 3.63) is 55.9 Å². The van der Waals surface area contributed by atoms with Crippen molar-refractivity contribution in [3.63, 3.8) is 0 Å². The quantitative estimate of drug-likeness (QED) is 0.213. The van der Waals surface area contributed by atoms with Crippen molar-refractivity contribution in [3.8, 4) is 0 Å². The van der Waals surface area contributed by atoms with E-state index in [0.717, 1.165) is 25.4 Å². The molecule has 37 heavy (non-hydrogen) atoms. The monoisotopic (exact) mass is 602 g/mol. The van der Waals surface area contributed by atoms with Crippen LogP contribution in [0.15, 0.2) is 36.4 Å². The van der Waals surface area contributed by atoms with Gasteiger partial charge in [-0.3, -0.25) is 9.59 Å². The number of nitrogens with zero attached hydrogens (tertiary/aromatic N) is 2. The van der Waals surface area contributed by atoms with E-state index in [0.29, 0.717) is 14.5 Å². The molecule has 0 bridgehead atoms. The molecule has 0 N–H and O–H groups in total. The molecule has 11 heteroatoms. The SMILES string of the molecule is CC(=O)OC(C)(C)C.CC(C)(C)OC(=O)Cc1nc2c(Cl)cccc2s1.Clc1nc2c(Cl)cccc2s1. The van der Waals surface area contributed by atoms with E-state index in [4.69, 9.17) is 44.3 Å². The molecule has 2 aromatic carbocycles. The Kier molecular flexibility index (Phi) is 11.1. The highest BCUT2D eigenvalue weighted by molar-refractivity contribution is 7.22. The number of aromatic nitrogens is 2. The molecule has 4 aromatic rings. The zero-order valence-electron chi connectivity index (χ0n) is 21.6. The molecule has 0 aliphatic rings. The minimum atomic E-state index is -0.467. The average Bonchev–Trinajstić information content (AvgIpc) is 3.29. The van der Waals surface area contributed by atoms with Gasteiger partial charge >= 0.3 is 11.9 Å². The van der Waals surface area contributed by atoms with Crippen LogP contribution in [0.1, 0.15) is 53.5 Å². The Morgan fingerprint density at radius 2 is 1.27 bits per heavy atom. The Balaban J connectivity index is 0.000000216. The molecule has 2 heterocycles. The van der Waals surface area contributed by atoms with Gasteiger partial charge in [0.1, 0.15) is 27.2 Å². The van der Waals surface area contributed by atoms with Crippen molar-refractivity contribution < 1.29 is 19.1 Å². The molecule has 0 atom stereocenters. The number of carbonyl (C=O) groups excluding carboxylic acids is 2. The molecular weight excluding hydrogens is 575 g/mol. The molecule has 0 spiro atoms. The van der Waals surface area contributed by atoms with Crippen molar-refractivity contribution >= 4 is 89.8 Å². The first-order valence-corrected chi connectivity index (χ1v) is 14.0. The molecule has 0 amide bonds. The molecule has 6 nitrogen and oxygen atoms in total. The van der Waals surface area contributed by atoms with Crippen LogP contribution in [0.5, 0.6) is 0 Å². The molecule has 4 rings (SSSR count). The first-order chi connectivity index (χ1) is 17.0. The van der Waals surface area contributed by atoms with Gasteiger partial charge in [0.2, 0.25) is 0 Å². The third-order valence-electron chi connectivity index (χ3n) is 3.92. The predicted molar refractivity (Wildman–Crippen MR) is 155 cm³/mol. The van der Waals surface area contributed by atoms with Gasteiger partial charge in [-0.05, 0) is 65.8 Å². The molecule has 0 aliphatic heterocycles. The number of hydrogen-bond acceptors (Lipinski definition) is 8. The number of hydrogen-bond donors (Lipinski definition) is 0. The van der Waals surface area contributed by atoms with Crippen molar-refractivity contribution in [2.75, 3.05) is 0 Å². The second-order valence-corrected chi connectivity index (χ2v) is 13.3. The van der Waals surface area contributed by atoms with E-state index < -0.39 is 5.60 Å². The standard InChI is InChI=1S/C13H14ClNO2S.C7H3Cl2NS.C6H12O2/c1-13(2,3)17-11(16)7-10-15-12-8(14)5-4-6-9(12)18-10;8-4-2-1-3-5-6(4)10-7(9)11-5;1-5(7)8-6(2,3)4/h4-6H,7H2,1-3H3;1-3H;1-4H3. The van der Waals surface area contributed by atoms with Gasteiger partial charge < -0.3 is 9.47 Å². The normalized spacial score (nSPS) is 11.3. The van der Waals surface area contributed by atoms with E-state index in [2.05, 4.69) is 9.97 Å². The largest absolute Gasteiger partial charge is 0.460 e. The molecule has 2 aromatic heterocycles. The summed E-state index contributed by atoms with van der Waals surface area (Å²) in [6, 6.07) is 11.3. The maximum atomic E-state index is 11.7. The van der Waals surface area contributed by atoms with Crippen molar-refractivity contribution in [2.24, 2.45) is 0 Å². The molecule has 200 valence electrons. The van der Waals surface area contributed by atoms with E-state index >= 15 is 0 Å². The second-order valence-electron chi connectivity index (χ2n) is 9.72. The van der Waals surface area contributed by atoms with Gasteiger partial charge in [0.05, 0.1) is 25.9 Å². The number of ether oxygens (including phenoxy) is 2. The number of thiazole rings is 2. The molecule has 0 saturated heterocycles. The minimum Gasteiger partial charge on any atom is -0.460 e. The summed E-state index contributed by atoms with van der Waals surface area (Å²) in [7, 11) is 0. The first-order valence-electron chi connectivity index (χ1n) is 11.2. The van der Waals surface area contributed by atoms with Crippen LogP contribution in [0.25, 0.3) is 20.4 Å². The number of halogens is 3. The van der Waals surface area contributed by atoms with Crippen LogP contribution in [0.3, 0.4) is 0 Å². The maximum Gasteiger partial charge on any atom is 0.313 e. The van der Waals surface area contributed by atoms with Gasteiger partial charge in [0.15, 0.2) is 4.47 Å². The van der Waals surface area contributed by atoms with Gasteiger partial charge in [-0.25, -0.2) is 9.97 Å². The highest BCUT2D eigenvalue weighted by Crippen LogP contribution is 2.30. The fourth-order valence-corrected chi connectivity index (χ4v) is 5.43. The molecule has 0 saturated carbocycles. The van der Waals surface area contributed by atoms with Gasteiger partial charge in [-0.1, -0.05) is 46.9 Å². The molecule has 0 fully saturated rings. The summed E-state index contributed by atoms with van der Waals surface area (Å²) in [6.45, 7) is 12.5. The highest BCUT2D eigenvalue weighted by atomic mass is 35.5. The van der Waals surface area contributed by atoms with E-state index in [1.54, 1.807) is 12.1 Å². The molecule has 0 radical (unpaired) electrons. The van der Waals surface area contributed by atoms with Crippen LogP contribution < -0.4 is 0 Å². The van der Waals surface area contributed by atoms with Crippen LogP contribution in [0, 0.1) is 0 Å². The summed E-state index contributed by atoms with van der Waals surface area (Å²) >= 11 is 20.5. The number of rotatable bonds is 2. The van der Waals surface area contributed by atoms with Crippen LogP contribution in [-0.4, -0.2) is 33.1 Å². The summed E-state index contributed by atoms with van der Waals surface area (Å²) in [5, 5.41) is 2.00. The lowest BCUT2D eigenvalue weighted by Crippen LogP contribution is -2.24. The van der Waals surface area contributed by atoms with Gasteiger partial charge in [0.25, 0.3) is 0 Å². The smallest absolute Gasteiger partial charge is 0.313 e. The van der Waals surface area contributed by atoms with Gasteiger partial charge in [0, 0.05) is 6.92 Å². The summed E-state index contributed by atoms with van der Waals surface area (Å²) in [4.78, 5) is 30.4. The van der Waals surface area contributed by atoms with Crippen LogP contribution in [0.2, 0.25) is 14.5 Å². The van der Waals surface area contributed by atoms with Crippen LogP contribution in [0.4, 0.5) is 0 Å². The topological polar surface area (TPSA) is 78.4 Å². The van der Waals surface area contributed by atoms with Crippen LogP contribution in [-0.2, 0) is 25.5 Å². The van der Waals surface area contributed by atoms with E-state index in [9.17, 15) is 9.59 Å². The highest BCUT2D eigenvalue weighted by Gasteiger charge is 2.18. The van der Waals surface area contributed by atoms with Crippen LogP contribution >= 0.6 is 57.5 Å². The number of fused-ring (bicyclic) bond motifs is 2. The predicted octanol–water partition coefficient (Wildman–Crippen LogP) is 8.79. The van der Waals surface area contributed by atoms with Crippen molar-refractivity contribution in [1.82, 2.24) is 9.97 Å². The third-order valence-corrected chi connectivity index (χ3v) is 6.68. The number of carbonyl (C=O) groups is 2. The van der Waals surface area contributed by atoms with E-state index in [1.165, 1.54) is 29.6 Å². The minimum absolute atomic E-state index is 0.187. The Morgan fingerprint density at radius 3 is 1.68 bits per heavy atom. The lowest BCUT2D eigenvalue weighted by atomic mass is 10.2. The lowest BCUT2D eigenvalue weighted by Gasteiger charge is -2.18. The summed E-state index contributed by atoms with van der Waals surface area (Å²) < 4.78 is 12.6. The fraction of sp³-hybridized carbons (Fsp3) is 0.385. The van der Waals surface area contributed by atoms with E-state index in [-0.39, 0.29) is 24.0 Å². The zero-order chi connectivity index (χ0) is 28.0. The lowest BCUT2D eigenvalue weighted by molar-refractivity contribution is -0.154. The molecule has 0 unspecified atom stereocenters. The number of para-hydroxylation sites is 2. The Hall–Kier alpha value is -1.97. The fourth-order valence-electron chi connectivity index (χ4n) is 2.86. The average molecular weight is 604 g/mol. The summed E-state index contributed by atoms with van der Waals surface area (Å²) in [5.41, 5.74) is 0.754. The Labute approximate surface area is 239 Å². The number of esters is 2. The van der Waals surface area contributed by atoms with Gasteiger partial charge in [-0.2, -0.15) is 0 Å². The van der Waals surface area contributed by atoms with Gasteiger partial charge in [-0.15, -0.1) is 22.7 Å². The van der Waals surface area contributed by atoms with Crippen molar-refractivity contribution in [2.45, 2.75) is 66.1 Å². The molecular formula is C26H29Cl3N2O4S2. The Morgan fingerprint density at radius 1 is 0.784 bits per heavy atom. The number of benzene rings is 2. The summed E-state index contributed by atoms with van der Waals surface area (Å²) in [5.74, 6) is -0.491. The molecule has 0 aliphatic carbocycles. The summed E-state index contributed by atoms with van der Waals surface area (Å²) in [6.07, 6.45) is 0.187. The third kappa shape index (κ3) is 11.1. The first kappa shape index (κ1) is 31.2. The Bertz CT molecular complexity index is 1370. The zero-order valence-corrected chi connectivity index (χ0v) is 25.5. The second kappa shape index (κ2) is 13.2. The maximum absolute atomic E-state index is 11.7. The van der Waals surface area contributed by atoms with E-state index in [1.807, 2.05) is 65.8 Å². The van der Waals surface area contributed by atoms with Crippen molar-refractivity contribution in [1.29, 1.82) is 0 Å².